The molecule has 0 heterocycles. The number of hydrogen-bond donors (Lipinski definition) is 2. The molecule has 5 nitrogen and oxygen atoms in total. The second-order valence-electron chi connectivity index (χ2n) is 3.66. The Labute approximate surface area is 114 Å². The summed E-state index contributed by atoms with van der Waals surface area (Å²) in [6.45, 7) is -1.98. The zero-order chi connectivity index (χ0) is 14.6. The van der Waals surface area contributed by atoms with Gasteiger partial charge in [0.1, 0.15) is 0 Å². The predicted molar refractivity (Wildman–Crippen MR) is 67.7 cm³/mol. The van der Waals surface area contributed by atoms with Gasteiger partial charge in [-0.15, -0.1) is 0 Å². The summed E-state index contributed by atoms with van der Waals surface area (Å²) in [6, 6.07) is 3.53. The first-order chi connectivity index (χ1) is 8.78. The number of rotatable bonds is 6. The van der Waals surface area contributed by atoms with Crippen molar-refractivity contribution in [2.24, 2.45) is 0 Å². The molecule has 3 N–H and O–H groups in total. The van der Waals surface area contributed by atoms with E-state index < -0.39 is 36.1 Å². The third-order valence-electron chi connectivity index (χ3n) is 2.30. The van der Waals surface area contributed by atoms with E-state index in [1.807, 2.05) is 0 Å². The number of nitrogen functional groups attached to an aromatic ring is 1. The molecule has 0 aliphatic carbocycles. The Bertz CT molecular complexity index is 540. The quantitative estimate of drug-likeness (QED) is 0.772. The second kappa shape index (κ2) is 6.47. The van der Waals surface area contributed by atoms with Gasteiger partial charge < -0.3 is 10.8 Å². The maximum atomic E-state index is 12.4. The van der Waals surface area contributed by atoms with Crippen LogP contribution in [0.5, 0.6) is 0 Å². The topological polar surface area (TPSA) is 83.6 Å². The summed E-state index contributed by atoms with van der Waals surface area (Å²) >= 11 is 5.66. The van der Waals surface area contributed by atoms with Crippen LogP contribution in [0.25, 0.3) is 0 Å². The highest BCUT2D eigenvalue weighted by atomic mass is 35.5. The van der Waals surface area contributed by atoms with Gasteiger partial charge >= 0.3 is 0 Å². The summed E-state index contributed by atoms with van der Waals surface area (Å²) in [7, 11) is -4.14. The van der Waals surface area contributed by atoms with E-state index in [-0.39, 0.29) is 15.6 Å². The fourth-order valence-electron chi connectivity index (χ4n) is 1.41. The fraction of sp³-hybridized carbons (Fsp3) is 0.400. The van der Waals surface area contributed by atoms with Crippen LogP contribution in [0, 0.1) is 0 Å². The number of anilines is 1. The van der Waals surface area contributed by atoms with E-state index in [9.17, 15) is 17.2 Å². The van der Waals surface area contributed by atoms with E-state index in [1.165, 1.54) is 12.1 Å². The SMILES string of the molecule is Nc1cc(S(=O)(=O)N(CCO)CC(F)F)ccc1Cl. The number of aliphatic hydroxyl groups is 1. The minimum Gasteiger partial charge on any atom is -0.397 e. The zero-order valence-electron chi connectivity index (χ0n) is 9.76. The first kappa shape index (κ1) is 16.1. The molecule has 0 aliphatic rings. The Hall–Kier alpha value is -0.960. The molecule has 0 unspecified atom stereocenters. The van der Waals surface area contributed by atoms with Crippen molar-refractivity contribution in [3.05, 3.63) is 23.2 Å². The average Bonchev–Trinajstić information content (AvgIpc) is 2.31. The molecule has 9 heteroatoms. The van der Waals surface area contributed by atoms with Gasteiger partial charge in [0.25, 0.3) is 6.43 Å². The molecule has 108 valence electrons. The van der Waals surface area contributed by atoms with Gasteiger partial charge in [0.15, 0.2) is 0 Å². The first-order valence-electron chi connectivity index (χ1n) is 5.23. The molecule has 1 rings (SSSR count). The van der Waals surface area contributed by atoms with Crippen LogP contribution in [0.3, 0.4) is 0 Å². The number of nitrogens with zero attached hydrogens (tertiary/aromatic N) is 1. The number of aliphatic hydroxyl groups excluding tert-OH is 1. The zero-order valence-corrected chi connectivity index (χ0v) is 11.3. The minimum absolute atomic E-state index is 0.0312. The minimum atomic E-state index is -4.14. The van der Waals surface area contributed by atoms with Crippen LogP contribution in [0.4, 0.5) is 14.5 Å². The van der Waals surface area contributed by atoms with Crippen molar-refractivity contribution in [3.63, 3.8) is 0 Å². The van der Waals surface area contributed by atoms with Gasteiger partial charge in [-0.1, -0.05) is 11.6 Å². The molecule has 0 saturated carbocycles. The van der Waals surface area contributed by atoms with E-state index in [2.05, 4.69) is 0 Å². The third-order valence-corrected chi connectivity index (χ3v) is 4.50. The highest BCUT2D eigenvalue weighted by Gasteiger charge is 2.27. The number of alkyl halides is 2. The lowest BCUT2D eigenvalue weighted by molar-refractivity contribution is 0.113. The second-order valence-corrected chi connectivity index (χ2v) is 6.01. The Kier molecular flexibility index (Phi) is 5.48. The molecule has 1 aromatic rings. The van der Waals surface area contributed by atoms with Crippen molar-refractivity contribution < 1.29 is 22.3 Å². The van der Waals surface area contributed by atoms with Gasteiger partial charge in [-0.25, -0.2) is 17.2 Å². The molecule has 1 aromatic carbocycles. The summed E-state index contributed by atoms with van der Waals surface area (Å²) in [5.41, 5.74) is 5.51. The summed E-state index contributed by atoms with van der Waals surface area (Å²) < 4.78 is 49.4. The van der Waals surface area contributed by atoms with Gasteiger partial charge in [0.2, 0.25) is 10.0 Å². The van der Waals surface area contributed by atoms with Gasteiger partial charge in [0.05, 0.1) is 28.8 Å². The van der Waals surface area contributed by atoms with E-state index in [0.29, 0.717) is 4.31 Å². The summed E-state index contributed by atoms with van der Waals surface area (Å²) in [5.74, 6) is 0. The molecule has 0 amide bonds. The van der Waals surface area contributed by atoms with E-state index >= 15 is 0 Å². The molecule has 19 heavy (non-hydrogen) atoms. The Morgan fingerprint density at radius 2 is 2.05 bits per heavy atom. The van der Waals surface area contributed by atoms with Crippen LogP contribution < -0.4 is 5.73 Å². The van der Waals surface area contributed by atoms with Crippen molar-refractivity contribution in [3.8, 4) is 0 Å². The Balaban J connectivity index is 3.14. The maximum absolute atomic E-state index is 12.4. The monoisotopic (exact) mass is 314 g/mol. The fourth-order valence-corrected chi connectivity index (χ4v) is 2.97. The van der Waals surface area contributed by atoms with Gasteiger partial charge in [-0.3, -0.25) is 0 Å². The van der Waals surface area contributed by atoms with E-state index in [4.69, 9.17) is 22.4 Å². The lowest BCUT2D eigenvalue weighted by Gasteiger charge is -2.21. The lowest BCUT2D eigenvalue weighted by Crippen LogP contribution is -2.37. The third kappa shape index (κ3) is 4.00. The normalized spacial score (nSPS) is 12.3. The lowest BCUT2D eigenvalue weighted by atomic mass is 10.3. The number of sulfonamides is 1. The Morgan fingerprint density at radius 3 is 2.53 bits per heavy atom. The molecule has 0 aromatic heterocycles. The summed E-state index contributed by atoms with van der Waals surface area (Å²) in [6.07, 6.45) is -2.84. The molecule has 0 saturated heterocycles. The van der Waals surface area contributed by atoms with E-state index in [1.54, 1.807) is 0 Å². The molecular weight excluding hydrogens is 302 g/mol. The van der Waals surface area contributed by atoms with Crippen LogP contribution in [0.2, 0.25) is 5.02 Å². The number of benzene rings is 1. The van der Waals surface area contributed by atoms with E-state index in [0.717, 1.165) is 6.07 Å². The van der Waals surface area contributed by atoms with Crippen LogP contribution in [-0.2, 0) is 10.0 Å². The first-order valence-corrected chi connectivity index (χ1v) is 7.05. The summed E-state index contributed by atoms with van der Waals surface area (Å²) in [4.78, 5) is -0.247. The van der Waals surface area contributed by atoms with Crippen molar-refractivity contribution >= 4 is 27.3 Å². The average molecular weight is 315 g/mol. The molecule has 0 atom stereocenters. The number of hydrogen-bond acceptors (Lipinski definition) is 4. The van der Waals surface area contributed by atoms with Gasteiger partial charge in [-0.2, -0.15) is 4.31 Å². The molecule has 0 spiro atoms. The Morgan fingerprint density at radius 1 is 1.42 bits per heavy atom. The van der Waals surface area contributed by atoms with Crippen molar-refractivity contribution in [1.29, 1.82) is 0 Å². The van der Waals surface area contributed by atoms with Crippen LogP contribution in [0.15, 0.2) is 23.1 Å². The van der Waals surface area contributed by atoms with Crippen molar-refractivity contribution in [2.45, 2.75) is 11.3 Å². The van der Waals surface area contributed by atoms with Crippen molar-refractivity contribution in [1.82, 2.24) is 4.31 Å². The largest absolute Gasteiger partial charge is 0.397 e. The van der Waals surface area contributed by atoms with Crippen LogP contribution >= 0.6 is 11.6 Å². The highest BCUT2D eigenvalue weighted by Crippen LogP contribution is 2.24. The van der Waals surface area contributed by atoms with Crippen molar-refractivity contribution in [2.75, 3.05) is 25.4 Å². The molecule has 0 bridgehead atoms. The number of nitrogens with two attached hydrogens (primary N) is 1. The molecule has 0 fully saturated rings. The smallest absolute Gasteiger partial charge is 0.252 e. The molecular formula is C10H13ClF2N2O3S. The van der Waals surface area contributed by atoms with Crippen LogP contribution in [0.1, 0.15) is 0 Å². The molecule has 0 aliphatic heterocycles. The predicted octanol–water partition coefficient (Wildman–Crippen LogP) is 1.17. The maximum Gasteiger partial charge on any atom is 0.252 e. The van der Waals surface area contributed by atoms with Gasteiger partial charge in [-0.05, 0) is 18.2 Å². The van der Waals surface area contributed by atoms with Crippen LogP contribution in [-0.4, -0.2) is 44.0 Å². The van der Waals surface area contributed by atoms with Gasteiger partial charge in [0, 0.05) is 6.54 Å². The number of halogens is 3. The summed E-state index contributed by atoms with van der Waals surface area (Å²) in [5, 5.41) is 8.93. The molecule has 0 radical (unpaired) electrons. The highest BCUT2D eigenvalue weighted by molar-refractivity contribution is 7.89. The standard InChI is InChI=1S/C10H13ClF2N2O3S/c11-8-2-1-7(5-9(8)14)19(17,18)15(3-4-16)6-10(12)13/h1-2,5,10,16H,3-4,6,14H2.